The Labute approximate surface area is 169 Å². The molecule has 0 fully saturated rings. The smallest absolute Gasteiger partial charge is 0.257 e. The number of fused-ring (bicyclic) bond motifs is 1. The molecule has 0 radical (unpaired) electrons. The number of amides is 2. The fourth-order valence-electron chi connectivity index (χ4n) is 2.95. The topological polar surface area (TPSA) is 71.1 Å². The van der Waals surface area contributed by atoms with Crippen molar-refractivity contribution in [3.8, 4) is 0 Å². The Kier molecular flexibility index (Phi) is 5.05. The molecule has 0 spiro atoms. The molecule has 2 aromatic carbocycles. The highest BCUT2D eigenvalue weighted by Gasteiger charge is 2.17. The van der Waals surface area contributed by atoms with Crippen molar-refractivity contribution in [1.82, 2.24) is 4.98 Å². The number of carbonyl (C=O) groups excluding carboxylic acids is 2. The minimum atomic E-state index is -0.195. The van der Waals surface area contributed by atoms with Gasteiger partial charge in [-0.25, -0.2) is 4.98 Å². The van der Waals surface area contributed by atoms with E-state index in [0.717, 1.165) is 33.4 Å². The van der Waals surface area contributed by atoms with Crippen LogP contribution in [0.5, 0.6) is 0 Å². The van der Waals surface area contributed by atoms with Gasteiger partial charge in [-0.05, 0) is 47.9 Å². The summed E-state index contributed by atoms with van der Waals surface area (Å²) in [5, 5.41) is 8.22. The van der Waals surface area contributed by atoms with E-state index >= 15 is 0 Å². The highest BCUT2D eigenvalue weighted by atomic mass is 79.9. The fraction of sp³-hybridized carbons (Fsp3) is 0.150. The molecule has 2 amide bonds. The number of benzene rings is 2. The summed E-state index contributed by atoms with van der Waals surface area (Å²) in [6.07, 6.45) is 1.82. The molecule has 0 saturated heterocycles. The van der Waals surface area contributed by atoms with Gasteiger partial charge in [0.05, 0.1) is 5.69 Å². The highest BCUT2D eigenvalue weighted by Crippen LogP contribution is 2.25. The van der Waals surface area contributed by atoms with Gasteiger partial charge in [0.1, 0.15) is 0 Å². The van der Waals surface area contributed by atoms with Crippen LogP contribution < -0.4 is 10.6 Å². The van der Waals surface area contributed by atoms with E-state index in [4.69, 9.17) is 0 Å². The van der Waals surface area contributed by atoms with E-state index in [-0.39, 0.29) is 11.8 Å². The summed E-state index contributed by atoms with van der Waals surface area (Å²) in [6.45, 7) is 0. The Hall–Kier alpha value is -2.51. The molecule has 1 aliphatic rings. The number of aromatic nitrogens is 1. The first-order chi connectivity index (χ1) is 13.1. The number of hydrogen-bond donors (Lipinski definition) is 2. The average molecular weight is 442 g/mol. The lowest BCUT2D eigenvalue weighted by Crippen LogP contribution is -2.20. The maximum atomic E-state index is 12.5. The van der Waals surface area contributed by atoms with Crippen LogP contribution in [0.3, 0.4) is 0 Å². The van der Waals surface area contributed by atoms with Gasteiger partial charge in [0.2, 0.25) is 5.91 Å². The average Bonchev–Trinajstić information content (AvgIpc) is 3.10. The number of rotatable bonds is 4. The van der Waals surface area contributed by atoms with Crippen LogP contribution >= 0.6 is 27.3 Å². The molecule has 136 valence electrons. The van der Waals surface area contributed by atoms with Gasteiger partial charge in [-0.3, -0.25) is 14.9 Å². The number of anilines is 2. The van der Waals surface area contributed by atoms with Crippen molar-refractivity contribution in [3.63, 3.8) is 0 Å². The molecule has 0 aliphatic carbocycles. The number of nitrogens with one attached hydrogen (secondary N) is 2. The number of thiazole rings is 1. The van der Waals surface area contributed by atoms with Crippen LogP contribution in [-0.4, -0.2) is 16.8 Å². The van der Waals surface area contributed by atoms with Gasteiger partial charge < -0.3 is 5.32 Å². The summed E-state index contributed by atoms with van der Waals surface area (Å²) in [7, 11) is 0. The molecule has 4 rings (SSSR count). The zero-order chi connectivity index (χ0) is 18.8. The third kappa shape index (κ3) is 4.26. The molecule has 0 atom stereocenters. The third-order valence-corrected chi connectivity index (χ3v) is 5.67. The van der Waals surface area contributed by atoms with E-state index in [2.05, 4.69) is 31.5 Å². The molecular weight excluding hydrogens is 426 g/mol. The van der Waals surface area contributed by atoms with Gasteiger partial charge in [-0.1, -0.05) is 28.1 Å². The van der Waals surface area contributed by atoms with Crippen LogP contribution in [0, 0.1) is 0 Å². The summed E-state index contributed by atoms with van der Waals surface area (Å²) >= 11 is 4.84. The van der Waals surface area contributed by atoms with Gasteiger partial charge in [0, 0.05) is 33.9 Å². The Morgan fingerprint density at radius 1 is 1.19 bits per heavy atom. The van der Waals surface area contributed by atoms with Gasteiger partial charge in [0.25, 0.3) is 5.91 Å². The Morgan fingerprint density at radius 2 is 2.00 bits per heavy atom. The molecule has 2 heterocycles. The second-order valence-electron chi connectivity index (χ2n) is 6.32. The first-order valence-corrected chi connectivity index (χ1v) is 10.2. The van der Waals surface area contributed by atoms with Crippen molar-refractivity contribution in [2.45, 2.75) is 19.3 Å². The SMILES string of the molecule is O=C1CCc2cc(C(=O)Nc3nc(Cc4ccc(Br)cc4)cs3)ccc2N1. The van der Waals surface area contributed by atoms with Crippen LogP contribution in [0.4, 0.5) is 10.8 Å². The van der Waals surface area contributed by atoms with Crippen molar-refractivity contribution in [1.29, 1.82) is 0 Å². The summed E-state index contributed by atoms with van der Waals surface area (Å²) in [5.74, 6) is -0.181. The van der Waals surface area contributed by atoms with E-state index in [0.29, 0.717) is 23.5 Å². The lowest BCUT2D eigenvalue weighted by atomic mass is 10.0. The van der Waals surface area contributed by atoms with Crippen LogP contribution in [0.1, 0.15) is 33.6 Å². The Morgan fingerprint density at radius 3 is 2.81 bits per heavy atom. The lowest BCUT2D eigenvalue weighted by molar-refractivity contribution is -0.116. The number of aryl methyl sites for hydroxylation is 1. The van der Waals surface area contributed by atoms with E-state index in [1.165, 1.54) is 11.3 Å². The van der Waals surface area contributed by atoms with Crippen LogP contribution in [0.25, 0.3) is 0 Å². The van der Waals surface area contributed by atoms with Crippen molar-refractivity contribution in [3.05, 3.63) is 74.7 Å². The molecule has 1 aromatic heterocycles. The summed E-state index contributed by atoms with van der Waals surface area (Å²) in [5.41, 5.74) is 4.42. The van der Waals surface area contributed by atoms with Gasteiger partial charge >= 0.3 is 0 Å². The van der Waals surface area contributed by atoms with E-state index in [9.17, 15) is 9.59 Å². The molecule has 0 bridgehead atoms. The molecular formula is C20H16BrN3O2S. The molecule has 27 heavy (non-hydrogen) atoms. The maximum Gasteiger partial charge on any atom is 0.257 e. The maximum absolute atomic E-state index is 12.5. The normalized spacial score (nSPS) is 13.0. The number of hydrogen-bond acceptors (Lipinski definition) is 4. The van der Waals surface area contributed by atoms with E-state index < -0.39 is 0 Å². The van der Waals surface area contributed by atoms with Crippen LogP contribution in [0.15, 0.2) is 52.3 Å². The zero-order valence-corrected chi connectivity index (χ0v) is 16.7. The van der Waals surface area contributed by atoms with E-state index in [1.807, 2.05) is 35.7 Å². The molecule has 7 heteroatoms. The first-order valence-electron chi connectivity index (χ1n) is 8.50. The molecule has 2 N–H and O–H groups in total. The highest BCUT2D eigenvalue weighted by molar-refractivity contribution is 9.10. The largest absolute Gasteiger partial charge is 0.326 e. The van der Waals surface area contributed by atoms with Crippen molar-refractivity contribution >= 4 is 49.9 Å². The fourth-order valence-corrected chi connectivity index (χ4v) is 3.92. The standard InChI is InChI=1S/C20H16BrN3O2S/c21-15-5-1-12(2-6-15)9-16-11-27-20(22-16)24-19(26)14-3-7-17-13(10-14)4-8-18(25)23-17/h1-3,5-7,10-11H,4,8-9H2,(H,23,25)(H,22,24,26). The summed E-state index contributed by atoms with van der Waals surface area (Å²) in [6, 6.07) is 13.4. The minimum Gasteiger partial charge on any atom is -0.326 e. The molecule has 5 nitrogen and oxygen atoms in total. The Bertz CT molecular complexity index is 1010. The van der Waals surface area contributed by atoms with Gasteiger partial charge in [0.15, 0.2) is 5.13 Å². The monoisotopic (exact) mass is 441 g/mol. The lowest BCUT2D eigenvalue weighted by Gasteiger charge is -2.17. The third-order valence-electron chi connectivity index (χ3n) is 4.33. The van der Waals surface area contributed by atoms with E-state index in [1.54, 1.807) is 12.1 Å². The summed E-state index contributed by atoms with van der Waals surface area (Å²) < 4.78 is 1.04. The number of halogens is 1. The molecule has 1 aliphatic heterocycles. The summed E-state index contributed by atoms with van der Waals surface area (Å²) in [4.78, 5) is 28.5. The van der Waals surface area contributed by atoms with Crippen molar-refractivity contribution < 1.29 is 9.59 Å². The van der Waals surface area contributed by atoms with Crippen LogP contribution in [0.2, 0.25) is 0 Å². The quantitative estimate of drug-likeness (QED) is 0.619. The van der Waals surface area contributed by atoms with Crippen molar-refractivity contribution in [2.75, 3.05) is 10.6 Å². The Balaban J connectivity index is 1.43. The van der Waals surface area contributed by atoms with Crippen molar-refractivity contribution in [2.24, 2.45) is 0 Å². The van der Waals surface area contributed by atoms with Crippen LogP contribution in [-0.2, 0) is 17.6 Å². The number of carbonyl (C=O) groups is 2. The molecule has 0 saturated carbocycles. The minimum absolute atomic E-state index is 0.0146. The molecule has 0 unspecified atom stereocenters. The predicted molar refractivity (Wildman–Crippen MR) is 110 cm³/mol. The first kappa shape index (κ1) is 17.9. The molecule has 3 aromatic rings. The predicted octanol–water partition coefficient (Wildman–Crippen LogP) is 4.63. The number of nitrogens with zero attached hydrogens (tertiary/aromatic N) is 1. The van der Waals surface area contributed by atoms with Gasteiger partial charge in [-0.15, -0.1) is 11.3 Å². The zero-order valence-electron chi connectivity index (χ0n) is 14.3. The van der Waals surface area contributed by atoms with Gasteiger partial charge in [-0.2, -0.15) is 0 Å². The second kappa shape index (κ2) is 7.62. The second-order valence-corrected chi connectivity index (χ2v) is 8.10.